The molecular formula is C9H13NOS2. The molecule has 0 saturated carbocycles. The van der Waals surface area contributed by atoms with E-state index in [0.29, 0.717) is 18.2 Å². The molecule has 1 atom stereocenters. The van der Waals surface area contributed by atoms with Gasteiger partial charge in [0.05, 0.1) is 18.2 Å². The Balaban J connectivity index is 2.18. The summed E-state index contributed by atoms with van der Waals surface area (Å²) < 4.78 is 5.44. The van der Waals surface area contributed by atoms with Crippen molar-refractivity contribution in [3.63, 3.8) is 0 Å². The van der Waals surface area contributed by atoms with Gasteiger partial charge in [-0.25, -0.2) is 0 Å². The van der Waals surface area contributed by atoms with Crippen LogP contribution in [0.3, 0.4) is 0 Å². The van der Waals surface area contributed by atoms with Gasteiger partial charge < -0.3 is 10.5 Å². The van der Waals surface area contributed by atoms with Crippen molar-refractivity contribution in [1.82, 2.24) is 0 Å². The fourth-order valence-corrected chi connectivity index (χ4v) is 1.52. The molecule has 2 N–H and O–H groups in total. The van der Waals surface area contributed by atoms with Gasteiger partial charge in [0.15, 0.2) is 0 Å². The van der Waals surface area contributed by atoms with Crippen molar-refractivity contribution >= 4 is 28.5 Å². The number of thiophene rings is 1. The molecule has 0 aromatic carbocycles. The highest BCUT2D eigenvalue weighted by atomic mass is 32.1. The number of nitrogens with two attached hydrogens (primary N) is 1. The SMILES string of the molecule is CC(COCc1cccs1)C(N)=S. The van der Waals surface area contributed by atoms with E-state index in [4.69, 9.17) is 22.7 Å². The highest BCUT2D eigenvalue weighted by molar-refractivity contribution is 7.80. The monoisotopic (exact) mass is 215 g/mol. The Morgan fingerprint density at radius 3 is 3.08 bits per heavy atom. The van der Waals surface area contributed by atoms with Crippen molar-refractivity contribution in [3.8, 4) is 0 Å². The quantitative estimate of drug-likeness (QED) is 0.765. The van der Waals surface area contributed by atoms with Gasteiger partial charge in [0.1, 0.15) is 0 Å². The number of rotatable bonds is 5. The number of hydrogen-bond acceptors (Lipinski definition) is 3. The topological polar surface area (TPSA) is 35.2 Å². The summed E-state index contributed by atoms with van der Waals surface area (Å²) in [7, 11) is 0. The summed E-state index contributed by atoms with van der Waals surface area (Å²) in [6.07, 6.45) is 0. The van der Waals surface area contributed by atoms with Crippen molar-refractivity contribution in [2.75, 3.05) is 6.61 Å². The third-order valence-electron chi connectivity index (χ3n) is 1.68. The Morgan fingerprint density at radius 2 is 2.54 bits per heavy atom. The zero-order valence-corrected chi connectivity index (χ0v) is 9.16. The largest absolute Gasteiger partial charge is 0.393 e. The predicted octanol–water partition coefficient (Wildman–Crippen LogP) is 2.19. The van der Waals surface area contributed by atoms with Gasteiger partial charge in [0.25, 0.3) is 0 Å². The lowest BCUT2D eigenvalue weighted by Crippen LogP contribution is -2.22. The van der Waals surface area contributed by atoms with Crippen LogP contribution in [0.4, 0.5) is 0 Å². The predicted molar refractivity (Wildman–Crippen MR) is 59.9 cm³/mol. The molecule has 2 nitrogen and oxygen atoms in total. The molecule has 1 heterocycles. The zero-order chi connectivity index (χ0) is 9.68. The molecule has 0 spiro atoms. The molecule has 4 heteroatoms. The fourth-order valence-electron chi connectivity index (χ4n) is 0.813. The van der Waals surface area contributed by atoms with Gasteiger partial charge >= 0.3 is 0 Å². The molecule has 0 aliphatic carbocycles. The van der Waals surface area contributed by atoms with E-state index in [1.807, 2.05) is 18.4 Å². The van der Waals surface area contributed by atoms with Crippen LogP contribution in [0, 0.1) is 5.92 Å². The summed E-state index contributed by atoms with van der Waals surface area (Å²) in [5.41, 5.74) is 5.45. The van der Waals surface area contributed by atoms with Crippen LogP contribution >= 0.6 is 23.6 Å². The maximum atomic E-state index is 5.45. The summed E-state index contributed by atoms with van der Waals surface area (Å²) >= 11 is 6.53. The summed E-state index contributed by atoms with van der Waals surface area (Å²) in [5, 5.41) is 2.04. The van der Waals surface area contributed by atoms with Crippen LogP contribution in [-0.4, -0.2) is 11.6 Å². The molecule has 1 aromatic rings. The lowest BCUT2D eigenvalue weighted by molar-refractivity contribution is 0.110. The molecule has 0 aliphatic rings. The second kappa shape index (κ2) is 5.32. The van der Waals surface area contributed by atoms with Crippen LogP contribution in [0.1, 0.15) is 11.8 Å². The van der Waals surface area contributed by atoms with E-state index in [1.54, 1.807) is 11.3 Å². The molecule has 1 unspecified atom stereocenters. The standard InChI is InChI=1S/C9H13NOS2/c1-7(9(10)12)5-11-6-8-3-2-4-13-8/h2-4,7H,5-6H2,1H3,(H2,10,12). The molecule has 0 saturated heterocycles. The summed E-state index contributed by atoms with van der Waals surface area (Å²) in [6, 6.07) is 4.07. The normalized spacial score (nSPS) is 12.7. The van der Waals surface area contributed by atoms with Crippen LogP contribution < -0.4 is 5.73 Å². The van der Waals surface area contributed by atoms with Crippen LogP contribution in [-0.2, 0) is 11.3 Å². The third-order valence-corrected chi connectivity index (χ3v) is 2.93. The van der Waals surface area contributed by atoms with E-state index < -0.39 is 0 Å². The molecule has 0 fully saturated rings. The maximum absolute atomic E-state index is 5.45. The summed E-state index contributed by atoms with van der Waals surface area (Å²) in [6.45, 7) is 3.23. The van der Waals surface area contributed by atoms with Crippen molar-refractivity contribution in [2.24, 2.45) is 11.7 Å². The molecule has 72 valence electrons. The maximum Gasteiger partial charge on any atom is 0.0809 e. The molecule has 0 bridgehead atoms. The fraction of sp³-hybridized carbons (Fsp3) is 0.444. The Hall–Kier alpha value is -0.450. The Labute approximate surface area is 87.7 Å². The molecule has 1 rings (SSSR count). The van der Waals surface area contributed by atoms with Gasteiger partial charge in [-0.2, -0.15) is 0 Å². The van der Waals surface area contributed by atoms with E-state index in [1.165, 1.54) is 4.88 Å². The first kappa shape index (κ1) is 10.6. The number of thiocarbonyl (C=S) groups is 1. The number of hydrogen-bond donors (Lipinski definition) is 1. The van der Waals surface area contributed by atoms with Crippen molar-refractivity contribution in [2.45, 2.75) is 13.5 Å². The van der Waals surface area contributed by atoms with E-state index in [9.17, 15) is 0 Å². The molecule has 0 radical (unpaired) electrons. The van der Waals surface area contributed by atoms with E-state index in [-0.39, 0.29) is 5.92 Å². The van der Waals surface area contributed by atoms with Gasteiger partial charge in [-0.1, -0.05) is 25.2 Å². The van der Waals surface area contributed by atoms with Gasteiger partial charge in [0.2, 0.25) is 0 Å². The van der Waals surface area contributed by atoms with Crippen LogP contribution in [0.15, 0.2) is 17.5 Å². The van der Waals surface area contributed by atoms with Crippen molar-refractivity contribution in [3.05, 3.63) is 22.4 Å². The third kappa shape index (κ3) is 3.85. The van der Waals surface area contributed by atoms with Crippen molar-refractivity contribution in [1.29, 1.82) is 0 Å². The Bertz CT molecular complexity index is 259. The minimum Gasteiger partial charge on any atom is -0.393 e. The van der Waals surface area contributed by atoms with Crippen LogP contribution in [0.5, 0.6) is 0 Å². The van der Waals surface area contributed by atoms with E-state index in [0.717, 1.165) is 0 Å². The minimum absolute atomic E-state index is 0.162. The smallest absolute Gasteiger partial charge is 0.0809 e. The summed E-state index contributed by atoms with van der Waals surface area (Å²) in [4.78, 5) is 1.75. The molecule has 13 heavy (non-hydrogen) atoms. The van der Waals surface area contributed by atoms with E-state index in [2.05, 4.69) is 6.07 Å². The Kier molecular flexibility index (Phi) is 4.35. The van der Waals surface area contributed by atoms with E-state index >= 15 is 0 Å². The average molecular weight is 215 g/mol. The molecular weight excluding hydrogens is 202 g/mol. The highest BCUT2D eigenvalue weighted by Crippen LogP contribution is 2.10. The van der Waals surface area contributed by atoms with Gasteiger partial charge in [-0.3, -0.25) is 0 Å². The van der Waals surface area contributed by atoms with Crippen LogP contribution in [0.25, 0.3) is 0 Å². The molecule has 0 amide bonds. The zero-order valence-electron chi connectivity index (χ0n) is 7.53. The average Bonchev–Trinajstić information content (AvgIpc) is 2.56. The molecule has 0 aliphatic heterocycles. The van der Waals surface area contributed by atoms with Crippen molar-refractivity contribution < 1.29 is 4.74 Å². The Morgan fingerprint density at radius 1 is 1.77 bits per heavy atom. The second-order valence-corrected chi connectivity index (χ2v) is 4.40. The molecule has 1 aromatic heterocycles. The first-order chi connectivity index (χ1) is 6.20. The van der Waals surface area contributed by atoms with Crippen LogP contribution in [0.2, 0.25) is 0 Å². The first-order valence-corrected chi connectivity index (χ1v) is 5.38. The highest BCUT2D eigenvalue weighted by Gasteiger charge is 2.04. The van der Waals surface area contributed by atoms with Gasteiger partial charge in [0, 0.05) is 10.8 Å². The second-order valence-electron chi connectivity index (χ2n) is 2.90. The lowest BCUT2D eigenvalue weighted by Gasteiger charge is -2.08. The van der Waals surface area contributed by atoms with Gasteiger partial charge in [-0.15, -0.1) is 11.3 Å². The first-order valence-electron chi connectivity index (χ1n) is 4.09. The summed E-state index contributed by atoms with van der Waals surface area (Å²) in [5.74, 6) is 0.162. The lowest BCUT2D eigenvalue weighted by atomic mass is 10.2. The minimum atomic E-state index is 0.162. The van der Waals surface area contributed by atoms with Gasteiger partial charge in [-0.05, 0) is 11.4 Å². The number of ether oxygens (including phenoxy) is 1.